The number of nitrogens with one attached hydrogen (secondary N) is 1. The number of ether oxygens (including phenoxy) is 1. The van der Waals surface area contributed by atoms with E-state index in [4.69, 9.17) is 4.74 Å². The second kappa shape index (κ2) is 8.74. The van der Waals surface area contributed by atoms with E-state index in [0.717, 1.165) is 57.5 Å². The molecule has 0 aromatic heterocycles. The van der Waals surface area contributed by atoms with Crippen molar-refractivity contribution in [1.82, 2.24) is 9.80 Å². The largest absolute Gasteiger partial charge is 0.385 e. The van der Waals surface area contributed by atoms with Gasteiger partial charge < -0.3 is 19.9 Å². The highest BCUT2D eigenvalue weighted by atomic mass is 16.5. The van der Waals surface area contributed by atoms with Crippen molar-refractivity contribution in [3.63, 3.8) is 0 Å². The zero-order valence-corrected chi connectivity index (χ0v) is 16.5. The van der Waals surface area contributed by atoms with Gasteiger partial charge in [0.25, 0.3) is 0 Å². The van der Waals surface area contributed by atoms with Crippen LogP contribution in [0.1, 0.15) is 37.7 Å². The Kier molecular flexibility index (Phi) is 6.37. The molecule has 2 heterocycles. The second-order valence-corrected chi connectivity index (χ2v) is 7.94. The molecular formula is C21H31N3O3. The fourth-order valence-corrected chi connectivity index (χ4v) is 4.14. The monoisotopic (exact) mass is 373 g/mol. The molecule has 148 valence electrons. The maximum atomic E-state index is 12.6. The van der Waals surface area contributed by atoms with Gasteiger partial charge in [0.15, 0.2) is 0 Å². The normalized spacial score (nSPS) is 19.4. The van der Waals surface area contributed by atoms with Gasteiger partial charge in [-0.15, -0.1) is 0 Å². The predicted molar refractivity (Wildman–Crippen MR) is 106 cm³/mol. The van der Waals surface area contributed by atoms with Crippen LogP contribution in [0.5, 0.6) is 0 Å². The van der Waals surface area contributed by atoms with E-state index in [1.54, 1.807) is 7.11 Å². The Bertz CT molecular complexity index is 651. The lowest BCUT2D eigenvalue weighted by atomic mass is 9.72. The zero-order chi connectivity index (χ0) is 19.3. The van der Waals surface area contributed by atoms with Crippen molar-refractivity contribution in [1.29, 1.82) is 0 Å². The second-order valence-electron chi connectivity index (χ2n) is 7.94. The summed E-state index contributed by atoms with van der Waals surface area (Å²) in [6, 6.07) is 7.83. The van der Waals surface area contributed by atoms with Crippen molar-refractivity contribution in [2.45, 2.75) is 39.0 Å². The Balaban J connectivity index is 1.51. The molecule has 2 aliphatic heterocycles. The molecule has 6 heteroatoms. The van der Waals surface area contributed by atoms with E-state index in [-0.39, 0.29) is 17.4 Å². The standard InChI is InChI=1S/C21H31N3O3/c1-17-4-6-18(7-5-17)22-20(26)23-13-10-21(11-14-23)9-8-19(25)24(16-21)12-3-15-27-2/h4-7H,3,8-16H2,1-2H3,(H,22,26). The number of carbonyl (C=O) groups is 2. The van der Waals surface area contributed by atoms with Gasteiger partial charge in [-0.3, -0.25) is 4.79 Å². The Morgan fingerprint density at radius 2 is 1.89 bits per heavy atom. The van der Waals surface area contributed by atoms with Crippen molar-refractivity contribution in [3.8, 4) is 0 Å². The van der Waals surface area contributed by atoms with Crippen LogP contribution in [0.15, 0.2) is 24.3 Å². The quantitative estimate of drug-likeness (QED) is 0.806. The molecule has 1 aromatic carbocycles. The number of methoxy groups -OCH3 is 1. The van der Waals surface area contributed by atoms with Crippen LogP contribution >= 0.6 is 0 Å². The summed E-state index contributed by atoms with van der Waals surface area (Å²) in [7, 11) is 1.69. The smallest absolute Gasteiger partial charge is 0.321 e. The molecule has 1 spiro atoms. The molecule has 0 unspecified atom stereocenters. The Labute approximate surface area is 161 Å². The number of aryl methyl sites for hydroxylation is 1. The Morgan fingerprint density at radius 3 is 2.56 bits per heavy atom. The van der Waals surface area contributed by atoms with Gasteiger partial charge in [-0.05, 0) is 50.2 Å². The van der Waals surface area contributed by atoms with E-state index < -0.39 is 0 Å². The minimum atomic E-state index is -0.0301. The average molecular weight is 373 g/mol. The van der Waals surface area contributed by atoms with Crippen LogP contribution in [0.3, 0.4) is 0 Å². The average Bonchev–Trinajstić information content (AvgIpc) is 2.67. The van der Waals surface area contributed by atoms with Crippen molar-refractivity contribution < 1.29 is 14.3 Å². The van der Waals surface area contributed by atoms with Gasteiger partial charge in [0.1, 0.15) is 0 Å². The first-order valence-corrected chi connectivity index (χ1v) is 9.91. The molecule has 2 fully saturated rings. The summed E-state index contributed by atoms with van der Waals surface area (Å²) in [6.07, 6.45) is 4.37. The van der Waals surface area contributed by atoms with Gasteiger partial charge in [-0.1, -0.05) is 17.7 Å². The van der Waals surface area contributed by atoms with Gasteiger partial charge in [-0.25, -0.2) is 4.79 Å². The summed E-state index contributed by atoms with van der Waals surface area (Å²) in [4.78, 5) is 28.7. The van der Waals surface area contributed by atoms with E-state index in [1.165, 1.54) is 5.56 Å². The van der Waals surface area contributed by atoms with E-state index in [0.29, 0.717) is 13.0 Å². The first-order chi connectivity index (χ1) is 13.0. The lowest BCUT2D eigenvalue weighted by molar-refractivity contribution is -0.139. The number of urea groups is 1. The third kappa shape index (κ3) is 5.01. The number of nitrogens with zero attached hydrogens (tertiary/aromatic N) is 2. The van der Waals surface area contributed by atoms with Gasteiger partial charge in [0, 0.05) is 52.0 Å². The highest BCUT2D eigenvalue weighted by Gasteiger charge is 2.41. The number of likely N-dealkylation sites (tertiary alicyclic amines) is 2. The lowest BCUT2D eigenvalue weighted by Crippen LogP contribution is -2.53. The summed E-state index contributed by atoms with van der Waals surface area (Å²) in [6.45, 7) is 5.80. The minimum Gasteiger partial charge on any atom is -0.385 e. The van der Waals surface area contributed by atoms with Crippen LogP contribution in [0.4, 0.5) is 10.5 Å². The zero-order valence-electron chi connectivity index (χ0n) is 16.5. The summed E-state index contributed by atoms with van der Waals surface area (Å²) in [5, 5.41) is 2.99. The number of hydrogen-bond acceptors (Lipinski definition) is 3. The number of carbonyl (C=O) groups excluding carboxylic acids is 2. The summed E-state index contributed by atoms with van der Waals surface area (Å²) in [5.74, 6) is 0.260. The maximum absolute atomic E-state index is 12.6. The fraction of sp³-hybridized carbons (Fsp3) is 0.619. The van der Waals surface area contributed by atoms with Crippen LogP contribution in [0.25, 0.3) is 0 Å². The minimum absolute atomic E-state index is 0.0301. The topological polar surface area (TPSA) is 61.9 Å². The number of amides is 3. The summed E-state index contributed by atoms with van der Waals surface area (Å²) >= 11 is 0. The lowest BCUT2D eigenvalue weighted by Gasteiger charge is -2.47. The SMILES string of the molecule is COCCCN1CC2(CCC1=O)CCN(C(=O)Nc1ccc(C)cc1)CC2. The third-order valence-electron chi connectivity index (χ3n) is 5.94. The molecule has 0 saturated carbocycles. The molecule has 3 amide bonds. The van der Waals surface area contributed by atoms with E-state index >= 15 is 0 Å². The van der Waals surface area contributed by atoms with Crippen LogP contribution in [-0.2, 0) is 9.53 Å². The van der Waals surface area contributed by atoms with Crippen LogP contribution in [-0.4, -0.2) is 61.6 Å². The van der Waals surface area contributed by atoms with Gasteiger partial charge >= 0.3 is 6.03 Å². The molecule has 27 heavy (non-hydrogen) atoms. The van der Waals surface area contributed by atoms with Gasteiger partial charge in [0.2, 0.25) is 5.91 Å². The Hall–Kier alpha value is -2.08. The number of benzene rings is 1. The van der Waals surface area contributed by atoms with Crippen LogP contribution in [0, 0.1) is 12.3 Å². The summed E-state index contributed by atoms with van der Waals surface area (Å²) < 4.78 is 5.11. The van der Waals surface area contributed by atoms with E-state index in [2.05, 4.69) is 5.32 Å². The van der Waals surface area contributed by atoms with Crippen LogP contribution in [0.2, 0.25) is 0 Å². The highest BCUT2D eigenvalue weighted by molar-refractivity contribution is 5.89. The van der Waals surface area contributed by atoms with Crippen molar-refractivity contribution in [3.05, 3.63) is 29.8 Å². The van der Waals surface area contributed by atoms with Gasteiger partial charge in [0.05, 0.1) is 0 Å². The molecule has 0 atom stereocenters. The number of anilines is 1. The summed E-state index contributed by atoms with van der Waals surface area (Å²) in [5.41, 5.74) is 2.18. The fourth-order valence-electron chi connectivity index (χ4n) is 4.14. The number of piperidine rings is 2. The maximum Gasteiger partial charge on any atom is 0.321 e. The van der Waals surface area contributed by atoms with Gasteiger partial charge in [-0.2, -0.15) is 0 Å². The molecule has 6 nitrogen and oxygen atoms in total. The number of hydrogen-bond donors (Lipinski definition) is 1. The van der Waals surface area contributed by atoms with Crippen molar-refractivity contribution in [2.75, 3.05) is 45.2 Å². The third-order valence-corrected chi connectivity index (χ3v) is 5.94. The molecule has 3 rings (SSSR count). The number of rotatable bonds is 5. The Morgan fingerprint density at radius 1 is 1.19 bits per heavy atom. The highest BCUT2D eigenvalue weighted by Crippen LogP contribution is 2.40. The molecule has 0 radical (unpaired) electrons. The molecular weight excluding hydrogens is 342 g/mol. The van der Waals surface area contributed by atoms with E-state index in [9.17, 15) is 9.59 Å². The molecule has 2 aliphatic rings. The molecule has 2 saturated heterocycles. The predicted octanol–water partition coefficient (Wildman–Crippen LogP) is 3.27. The van der Waals surface area contributed by atoms with Crippen LogP contribution < -0.4 is 5.32 Å². The first kappa shape index (κ1) is 19.7. The van der Waals surface area contributed by atoms with Crippen molar-refractivity contribution >= 4 is 17.6 Å². The first-order valence-electron chi connectivity index (χ1n) is 9.91. The van der Waals surface area contributed by atoms with Crippen molar-refractivity contribution in [2.24, 2.45) is 5.41 Å². The molecule has 0 bridgehead atoms. The van der Waals surface area contributed by atoms with E-state index in [1.807, 2.05) is 41.0 Å². The molecule has 0 aliphatic carbocycles. The molecule has 1 N–H and O–H groups in total. The molecule has 1 aromatic rings.